The largest absolute Gasteiger partial charge is 0.326 e. The van der Waals surface area contributed by atoms with Crippen molar-refractivity contribution in [3.8, 4) is 0 Å². The number of benzene rings is 2. The van der Waals surface area contributed by atoms with E-state index in [9.17, 15) is 13.6 Å². The summed E-state index contributed by atoms with van der Waals surface area (Å²) in [4.78, 5) is 10.9. The Bertz CT molecular complexity index is 628. The smallest absolute Gasteiger partial charge is 0.221 e. The van der Waals surface area contributed by atoms with Crippen molar-refractivity contribution in [3.05, 3.63) is 65.2 Å². The second kappa shape index (κ2) is 6.10. The van der Waals surface area contributed by atoms with Crippen molar-refractivity contribution in [1.82, 2.24) is 0 Å². The van der Waals surface area contributed by atoms with Crippen molar-refractivity contribution in [1.29, 1.82) is 0 Å². The Hall–Kier alpha value is -2.49. The molecule has 0 heterocycles. The molecule has 0 saturated carbocycles. The van der Waals surface area contributed by atoms with Gasteiger partial charge in [-0.25, -0.2) is 8.78 Å². The summed E-state index contributed by atoms with van der Waals surface area (Å²) >= 11 is 0. The van der Waals surface area contributed by atoms with Gasteiger partial charge in [0.05, 0.1) is 0 Å². The molecule has 0 aliphatic rings. The van der Waals surface area contributed by atoms with Gasteiger partial charge in [-0.05, 0) is 35.4 Å². The molecule has 0 bridgehead atoms. The van der Waals surface area contributed by atoms with Crippen LogP contribution in [0.5, 0.6) is 0 Å². The van der Waals surface area contributed by atoms with Crippen molar-refractivity contribution in [3.63, 3.8) is 0 Å². The zero-order valence-corrected chi connectivity index (χ0v) is 10.9. The van der Waals surface area contributed by atoms with Crippen LogP contribution in [0.2, 0.25) is 0 Å². The van der Waals surface area contributed by atoms with E-state index < -0.39 is 11.6 Å². The third-order valence-electron chi connectivity index (χ3n) is 2.58. The molecule has 0 fully saturated rings. The van der Waals surface area contributed by atoms with Crippen LogP contribution in [-0.4, -0.2) is 5.91 Å². The summed E-state index contributed by atoms with van der Waals surface area (Å²) in [7, 11) is 0. The van der Waals surface area contributed by atoms with Crippen molar-refractivity contribution < 1.29 is 13.6 Å². The zero-order valence-electron chi connectivity index (χ0n) is 10.9. The van der Waals surface area contributed by atoms with Crippen molar-refractivity contribution in [2.75, 3.05) is 5.32 Å². The second-order valence-electron chi connectivity index (χ2n) is 4.34. The Kier molecular flexibility index (Phi) is 4.25. The van der Waals surface area contributed by atoms with E-state index in [1.54, 1.807) is 36.4 Å². The molecule has 0 aliphatic carbocycles. The van der Waals surface area contributed by atoms with Crippen LogP contribution in [0.15, 0.2) is 42.5 Å². The maximum absolute atomic E-state index is 13.0. The van der Waals surface area contributed by atoms with Crippen molar-refractivity contribution >= 4 is 23.7 Å². The number of anilines is 1. The first-order chi connectivity index (χ1) is 9.52. The Morgan fingerprint density at radius 1 is 0.950 bits per heavy atom. The van der Waals surface area contributed by atoms with Crippen LogP contribution in [0.4, 0.5) is 14.5 Å². The topological polar surface area (TPSA) is 29.1 Å². The number of carbonyl (C=O) groups is 1. The van der Waals surface area contributed by atoms with Gasteiger partial charge in [0.1, 0.15) is 11.6 Å². The van der Waals surface area contributed by atoms with Gasteiger partial charge in [-0.3, -0.25) is 4.79 Å². The Balaban J connectivity index is 2.12. The Morgan fingerprint density at radius 2 is 1.50 bits per heavy atom. The molecule has 2 aromatic rings. The molecule has 2 aromatic carbocycles. The average Bonchev–Trinajstić information content (AvgIpc) is 2.36. The molecule has 0 spiro atoms. The van der Waals surface area contributed by atoms with Crippen LogP contribution in [0.25, 0.3) is 12.2 Å². The maximum atomic E-state index is 13.0. The SMILES string of the molecule is CC(=O)Nc1ccc(/C=C/c2cc(F)cc(F)c2)cc1. The van der Waals surface area contributed by atoms with Gasteiger partial charge in [-0.1, -0.05) is 24.3 Å². The summed E-state index contributed by atoms with van der Waals surface area (Å²) < 4.78 is 26.0. The number of carbonyl (C=O) groups excluding carboxylic acids is 1. The first-order valence-electron chi connectivity index (χ1n) is 6.05. The molecule has 2 nitrogen and oxygen atoms in total. The summed E-state index contributed by atoms with van der Waals surface area (Å²) in [6.07, 6.45) is 3.37. The van der Waals surface area contributed by atoms with E-state index in [2.05, 4.69) is 5.32 Å². The molecule has 0 aromatic heterocycles. The molecule has 0 unspecified atom stereocenters. The Labute approximate surface area is 115 Å². The van der Waals surface area contributed by atoms with Crippen LogP contribution < -0.4 is 5.32 Å². The fraction of sp³-hybridized carbons (Fsp3) is 0.0625. The van der Waals surface area contributed by atoms with Crippen LogP contribution in [0.3, 0.4) is 0 Å². The monoisotopic (exact) mass is 273 g/mol. The number of hydrogen-bond donors (Lipinski definition) is 1. The summed E-state index contributed by atoms with van der Waals surface area (Å²) in [5, 5.41) is 2.66. The molecule has 1 N–H and O–H groups in total. The van der Waals surface area contributed by atoms with Gasteiger partial charge in [0.25, 0.3) is 0 Å². The predicted molar refractivity (Wildman–Crippen MR) is 76.0 cm³/mol. The normalized spacial score (nSPS) is 10.8. The summed E-state index contributed by atoms with van der Waals surface area (Å²) in [5.41, 5.74) is 2.02. The molecular formula is C16H13F2NO. The average molecular weight is 273 g/mol. The third-order valence-corrected chi connectivity index (χ3v) is 2.58. The van der Waals surface area contributed by atoms with E-state index in [1.807, 2.05) is 0 Å². The molecule has 20 heavy (non-hydrogen) atoms. The second-order valence-corrected chi connectivity index (χ2v) is 4.34. The first kappa shape index (κ1) is 13.9. The number of nitrogens with one attached hydrogen (secondary N) is 1. The third kappa shape index (κ3) is 4.02. The van der Waals surface area contributed by atoms with Gasteiger partial charge in [-0.15, -0.1) is 0 Å². The fourth-order valence-electron chi connectivity index (χ4n) is 1.74. The quantitative estimate of drug-likeness (QED) is 0.838. The number of amides is 1. The van der Waals surface area contributed by atoms with E-state index in [0.29, 0.717) is 11.3 Å². The molecular weight excluding hydrogens is 260 g/mol. The van der Waals surface area contributed by atoms with E-state index in [4.69, 9.17) is 0 Å². The van der Waals surface area contributed by atoms with Gasteiger partial charge in [0, 0.05) is 18.7 Å². The van der Waals surface area contributed by atoms with Gasteiger partial charge < -0.3 is 5.32 Å². The zero-order chi connectivity index (χ0) is 14.5. The summed E-state index contributed by atoms with van der Waals surface area (Å²) in [6, 6.07) is 10.5. The van der Waals surface area contributed by atoms with E-state index in [0.717, 1.165) is 11.6 Å². The van der Waals surface area contributed by atoms with Gasteiger partial charge >= 0.3 is 0 Å². The maximum Gasteiger partial charge on any atom is 0.221 e. The lowest BCUT2D eigenvalue weighted by molar-refractivity contribution is -0.114. The highest BCUT2D eigenvalue weighted by atomic mass is 19.1. The van der Waals surface area contributed by atoms with Crippen molar-refractivity contribution in [2.24, 2.45) is 0 Å². The summed E-state index contributed by atoms with van der Waals surface area (Å²) in [6.45, 7) is 1.44. The van der Waals surface area contributed by atoms with Gasteiger partial charge in [0.15, 0.2) is 0 Å². The first-order valence-corrected chi connectivity index (χ1v) is 6.05. The highest BCUT2D eigenvalue weighted by molar-refractivity contribution is 5.88. The van der Waals surface area contributed by atoms with Gasteiger partial charge in [-0.2, -0.15) is 0 Å². The molecule has 0 aliphatic heterocycles. The van der Waals surface area contributed by atoms with Crippen LogP contribution in [-0.2, 0) is 4.79 Å². The van der Waals surface area contributed by atoms with Crippen LogP contribution in [0.1, 0.15) is 18.1 Å². The fourth-order valence-corrected chi connectivity index (χ4v) is 1.74. The molecule has 102 valence electrons. The molecule has 0 saturated heterocycles. The summed E-state index contributed by atoms with van der Waals surface area (Å²) in [5.74, 6) is -1.35. The highest BCUT2D eigenvalue weighted by Gasteiger charge is 1.98. The lowest BCUT2D eigenvalue weighted by Gasteiger charge is -2.01. The minimum absolute atomic E-state index is 0.136. The van der Waals surface area contributed by atoms with E-state index in [1.165, 1.54) is 19.1 Å². The van der Waals surface area contributed by atoms with Crippen LogP contribution in [0, 0.1) is 11.6 Å². The number of rotatable bonds is 3. The molecule has 4 heteroatoms. The van der Waals surface area contributed by atoms with Gasteiger partial charge in [0.2, 0.25) is 5.91 Å². The molecule has 0 atom stereocenters. The lowest BCUT2D eigenvalue weighted by Crippen LogP contribution is -2.05. The highest BCUT2D eigenvalue weighted by Crippen LogP contribution is 2.14. The number of halogens is 2. The molecule has 1 amide bonds. The van der Waals surface area contributed by atoms with Crippen molar-refractivity contribution in [2.45, 2.75) is 6.92 Å². The minimum atomic E-state index is -0.606. The van der Waals surface area contributed by atoms with Crippen LogP contribution >= 0.6 is 0 Å². The van der Waals surface area contributed by atoms with E-state index >= 15 is 0 Å². The Morgan fingerprint density at radius 3 is 2.05 bits per heavy atom. The number of hydrogen-bond acceptors (Lipinski definition) is 1. The van der Waals surface area contributed by atoms with E-state index in [-0.39, 0.29) is 5.91 Å². The molecule has 2 rings (SSSR count). The standard InChI is InChI=1S/C16H13F2NO/c1-11(20)19-16-6-4-12(5-7-16)2-3-13-8-14(17)10-15(18)9-13/h2-10H,1H3,(H,19,20)/b3-2+. The predicted octanol–water partition coefficient (Wildman–Crippen LogP) is 4.09. The molecule has 0 radical (unpaired) electrons. The minimum Gasteiger partial charge on any atom is -0.326 e. The lowest BCUT2D eigenvalue weighted by atomic mass is 10.1.